The van der Waals surface area contributed by atoms with Gasteiger partial charge in [-0.3, -0.25) is 4.79 Å². The van der Waals surface area contributed by atoms with E-state index in [9.17, 15) is 4.79 Å². The second-order valence-electron chi connectivity index (χ2n) is 7.04. The third-order valence-electron chi connectivity index (χ3n) is 5.35. The number of hydrogen-bond donors (Lipinski definition) is 1. The normalized spacial score (nSPS) is 23.2. The molecule has 1 fully saturated rings. The maximum atomic E-state index is 12.5. The molecule has 3 heteroatoms. The number of allylic oxidation sites excluding steroid dienone is 2. The van der Waals surface area contributed by atoms with Gasteiger partial charge >= 0.3 is 0 Å². The van der Waals surface area contributed by atoms with Crippen LogP contribution in [0.4, 0.5) is 0 Å². The zero-order valence-electron chi connectivity index (χ0n) is 14.4. The minimum atomic E-state index is 0.0413. The van der Waals surface area contributed by atoms with E-state index >= 15 is 0 Å². The molecule has 0 bridgehead atoms. The number of hydrogen-bond acceptors (Lipinski definition) is 2. The van der Waals surface area contributed by atoms with Crippen LogP contribution in [0.2, 0.25) is 0 Å². The minimum absolute atomic E-state index is 0.0413. The molecule has 2 aliphatic heterocycles. The van der Waals surface area contributed by atoms with Crippen molar-refractivity contribution in [1.82, 2.24) is 4.90 Å². The lowest BCUT2D eigenvalue weighted by molar-refractivity contribution is -0.133. The first-order valence-electron chi connectivity index (χ1n) is 9.13. The highest BCUT2D eigenvalue weighted by atomic mass is 16.2. The zero-order chi connectivity index (χ0) is 17.2. The smallest absolute Gasteiger partial charge is 0.227 e. The Bertz CT molecular complexity index is 797. The molecular weight excluding hydrogens is 308 g/mol. The Morgan fingerprint density at radius 2 is 1.80 bits per heavy atom. The fourth-order valence-electron chi connectivity index (χ4n) is 4.05. The van der Waals surface area contributed by atoms with Crippen LogP contribution in [0.3, 0.4) is 0 Å². The van der Waals surface area contributed by atoms with Crippen LogP contribution in [0.15, 0.2) is 66.4 Å². The molecule has 0 spiro atoms. The van der Waals surface area contributed by atoms with Crippen molar-refractivity contribution in [2.24, 2.45) is 5.73 Å². The molecule has 1 saturated heterocycles. The number of nitrogens with two attached hydrogens (primary N) is 1. The molecule has 128 valence electrons. The Hall–Kier alpha value is -2.39. The maximum absolute atomic E-state index is 12.5. The van der Waals surface area contributed by atoms with Gasteiger partial charge in [0.25, 0.3) is 0 Å². The summed E-state index contributed by atoms with van der Waals surface area (Å²) in [7, 11) is 0. The number of nitrogens with zero attached hydrogens (tertiary/aromatic N) is 1. The summed E-state index contributed by atoms with van der Waals surface area (Å²) in [4.78, 5) is 14.5. The Balaban J connectivity index is 1.61. The second kappa shape index (κ2) is 6.85. The van der Waals surface area contributed by atoms with Gasteiger partial charge in [-0.1, -0.05) is 60.7 Å². The van der Waals surface area contributed by atoms with E-state index in [0.29, 0.717) is 6.42 Å². The molecule has 2 aromatic rings. The molecule has 3 nitrogen and oxygen atoms in total. The summed E-state index contributed by atoms with van der Waals surface area (Å²) < 4.78 is 0. The van der Waals surface area contributed by atoms with Gasteiger partial charge in [0.2, 0.25) is 5.91 Å². The van der Waals surface area contributed by atoms with E-state index in [1.807, 2.05) is 11.0 Å². The molecule has 0 radical (unpaired) electrons. The largest absolute Gasteiger partial charge is 0.326 e. The second-order valence-corrected chi connectivity index (χ2v) is 7.04. The topological polar surface area (TPSA) is 46.3 Å². The molecule has 25 heavy (non-hydrogen) atoms. The molecule has 2 unspecified atom stereocenters. The van der Waals surface area contributed by atoms with Crippen molar-refractivity contribution in [1.29, 1.82) is 0 Å². The number of carbonyl (C=O) groups is 1. The van der Waals surface area contributed by atoms with Crippen molar-refractivity contribution in [2.45, 2.75) is 44.2 Å². The molecule has 0 aromatic heterocycles. The lowest BCUT2D eigenvalue weighted by atomic mass is 9.87. The van der Waals surface area contributed by atoms with Gasteiger partial charge in [0, 0.05) is 18.2 Å². The van der Waals surface area contributed by atoms with Crippen LogP contribution in [0.5, 0.6) is 0 Å². The highest BCUT2D eigenvalue weighted by Gasteiger charge is 2.36. The Kier molecular flexibility index (Phi) is 4.41. The summed E-state index contributed by atoms with van der Waals surface area (Å²) in [5, 5.41) is 0. The van der Waals surface area contributed by atoms with Crippen LogP contribution >= 0.6 is 0 Å². The summed E-state index contributed by atoms with van der Waals surface area (Å²) in [6, 6.07) is 19.1. The van der Waals surface area contributed by atoms with Crippen LogP contribution in [0, 0.1) is 0 Å². The van der Waals surface area contributed by atoms with Gasteiger partial charge in [0.15, 0.2) is 0 Å². The van der Waals surface area contributed by atoms with E-state index in [0.717, 1.165) is 25.7 Å². The average molecular weight is 332 g/mol. The predicted molar refractivity (Wildman–Crippen MR) is 101 cm³/mol. The zero-order valence-corrected chi connectivity index (χ0v) is 14.4. The van der Waals surface area contributed by atoms with Crippen molar-refractivity contribution in [3.63, 3.8) is 0 Å². The van der Waals surface area contributed by atoms with Gasteiger partial charge in [-0.05, 0) is 42.4 Å². The van der Waals surface area contributed by atoms with E-state index in [-0.39, 0.29) is 18.0 Å². The third-order valence-corrected chi connectivity index (χ3v) is 5.35. The van der Waals surface area contributed by atoms with Gasteiger partial charge in [-0.15, -0.1) is 0 Å². The highest BCUT2D eigenvalue weighted by molar-refractivity contribution is 5.80. The van der Waals surface area contributed by atoms with Crippen molar-refractivity contribution >= 4 is 5.91 Å². The average Bonchev–Trinajstić information content (AvgIpc) is 2.65. The molecule has 0 aliphatic carbocycles. The predicted octanol–water partition coefficient (Wildman–Crippen LogP) is 3.89. The highest BCUT2D eigenvalue weighted by Crippen LogP contribution is 2.32. The van der Waals surface area contributed by atoms with Crippen LogP contribution in [-0.4, -0.2) is 22.9 Å². The number of amides is 1. The van der Waals surface area contributed by atoms with Gasteiger partial charge in [-0.2, -0.15) is 0 Å². The molecule has 2 N–H and O–H groups in total. The van der Waals surface area contributed by atoms with Crippen LogP contribution in [0.1, 0.15) is 31.2 Å². The summed E-state index contributed by atoms with van der Waals surface area (Å²) in [5.41, 5.74) is 11.3. The molecule has 2 aromatic carbocycles. The van der Waals surface area contributed by atoms with Gasteiger partial charge in [0.05, 0.1) is 6.04 Å². The third kappa shape index (κ3) is 3.24. The fourth-order valence-corrected chi connectivity index (χ4v) is 4.05. The Morgan fingerprint density at radius 1 is 1.00 bits per heavy atom. The number of piperidine rings is 1. The van der Waals surface area contributed by atoms with Gasteiger partial charge in [0.1, 0.15) is 0 Å². The summed E-state index contributed by atoms with van der Waals surface area (Å²) in [5.74, 6) is 0.233. The number of fused-ring (bicyclic) bond motifs is 1. The molecule has 0 saturated carbocycles. The molecule has 4 rings (SSSR count). The molecule has 2 aliphatic rings. The summed E-state index contributed by atoms with van der Waals surface area (Å²) in [6.45, 7) is 0. The van der Waals surface area contributed by atoms with E-state index < -0.39 is 0 Å². The lowest BCUT2D eigenvalue weighted by Gasteiger charge is -2.43. The molecule has 1 amide bonds. The van der Waals surface area contributed by atoms with Gasteiger partial charge in [-0.25, -0.2) is 0 Å². The molecule has 2 heterocycles. The quantitative estimate of drug-likeness (QED) is 0.927. The van der Waals surface area contributed by atoms with Crippen molar-refractivity contribution in [3.8, 4) is 11.1 Å². The van der Waals surface area contributed by atoms with Gasteiger partial charge < -0.3 is 10.6 Å². The molecule has 2 atom stereocenters. The maximum Gasteiger partial charge on any atom is 0.227 e. The SMILES string of the molecule is NC1CCC2=CCCC(=O)N2C1Cc1cccc(-c2ccccc2)c1. The standard InChI is InChI=1S/C22H24N2O/c23-20-13-12-19-10-5-11-22(25)24(19)21(20)15-16-6-4-9-18(14-16)17-7-2-1-3-8-17/h1-4,6-10,14,20-21H,5,11-13,15,23H2. The van der Waals surface area contributed by atoms with Crippen LogP contribution in [0.25, 0.3) is 11.1 Å². The van der Waals surface area contributed by atoms with Crippen LogP contribution < -0.4 is 5.73 Å². The Morgan fingerprint density at radius 3 is 2.64 bits per heavy atom. The Labute approximate surface area is 149 Å². The monoisotopic (exact) mass is 332 g/mol. The van der Waals surface area contributed by atoms with Crippen LogP contribution in [-0.2, 0) is 11.2 Å². The minimum Gasteiger partial charge on any atom is -0.326 e. The van der Waals surface area contributed by atoms with E-state index in [2.05, 4.69) is 54.6 Å². The lowest BCUT2D eigenvalue weighted by Crippen LogP contribution is -2.55. The number of carbonyl (C=O) groups excluding carboxylic acids is 1. The fraction of sp³-hybridized carbons (Fsp3) is 0.318. The van der Waals surface area contributed by atoms with E-state index in [1.54, 1.807) is 0 Å². The first-order chi connectivity index (χ1) is 12.2. The van der Waals surface area contributed by atoms with Crippen molar-refractivity contribution in [3.05, 3.63) is 71.9 Å². The molecular formula is C22H24N2O. The van der Waals surface area contributed by atoms with Crippen molar-refractivity contribution in [2.75, 3.05) is 0 Å². The first-order valence-corrected chi connectivity index (χ1v) is 9.13. The first kappa shape index (κ1) is 16.1. The van der Waals surface area contributed by atoms with E-state index in [1.165, 1.54) is 22.4 Å². The summed E-state index contributed by atoms with van der Waals surface area (Å²) >= 11 is 0. The summed E-state index contributed by atoms with van der Waals surface area (Å²) in [6.07, 6.45) is 6.39. The van der Waals surface area contributed by atoms with E-state index in [4.69, 9.17) is 5.73 Å². The van der Waals surface area contributed by atoms with Crippen molar-refractivity contribution < 1.29 is 4.79 Å². The number of rotatable bonds is 3. The number of benzene rings is 2.